The maximum atomic E-state index is 13.2. The summed E-state index contributed by atoms with van der Waals surface area (Å²) in [7, 11) is -3.74. The fourth-order valence-corrected chi connectivity index (χ4v) is 6.80. The third-order valence-electron chi connectivity index (χ3n) is 7.27. The predicted octanol–water partition coefficient (Wildman–Crippen LogP) is 4.79. The van der Waals surface area contributed by atoms with Gasteiger partial charge < -0.3 is 14.5 Å². The Morgan fingerprint density at radius 3 is 2.58 bits per heavy atom. The van der Waals surface area contributed by atoms with Crippen LogP contribution < -0.4 is 9.47 Å². The normalized spacial score (nSPS) is 15.8. The summed E-state index contributed by atoms with van der Waals surface area (Å²) in [6, 6.07) is 17.5. The van der Waals surface area contributed by atoms with Crippen LogP contribution in [-0.4, -0.2) is 52.5 Å². The lowest BCUT2D eigenvalue weighted by Crippen LogP contribution is -2.38. The molecule has 2 aliphatic rings. The van der Waals surface area contributed by atoms with Crippen molar-refractivity contribution >= 4 is 15.7 Å². The average molecular weight is 562 g/mol. The highest BCUT2D eigenvalue weighted by molar-refractivity contribution is 7.88. The molecule has 6 rings (SSSR count). The van der Waals surface area contributed by atoms with Crippen LogP contribution in [0, 0.1) is 17.0 Å². The Morgan fingerprint density at radius 1 is 1.02 bits per heavy atom. The van der Waals surface area contributed by atoms with Crippen LogP contribution in [0.2, 0.25) is 0 Å². The number of aromatic nitrogens is 3. The van der Waals surface area contributed by atoms with E-state index in [1.165, 1.54) is 22.5 Å². The van der Waals surface area contributed by atoms with E-state index < -0.39 is 20.7 Å². The molecule has 0 saturated carbocycles. The fraction of sp³-hybridized carbons (Fsp3) is 0.286. The van der Waals surface area contributed by atoms with Gasteiger partial charge in [0.2, 0.25) is 16.8 Å². The maximum Gasteiger partial charge on any atom is 0.273 e. The summed E-state index contributed by atoms with van der Waals surface area (Å²) in [4.78, 5) is 24.0. The van der Waals surface area contributed by atoms with Gasteiger partial charge in [-0.05, 0) is 50.1 Å². The smallest absolute Gasteiger partial charge is 0.273 e. The van der Waals surface area contributed by atoms with Crippen LogP contribution in [0.4, 0.5) is 5.69 Å². The van der Waals surface area contributed by atoms with Crippen LogP contribution in [0.1, 0.15) is 35.8 Å². The highest BCUT2D eigenvalue weighted by Crippen LogP contribution is 2.40. The number of nitro benzene ring substituents is 1. The van der Waals surface area contributed by atoms with Crippen molar-refractivity contribution in [1.29, 1.82) is 0 Å². The molecule has 40 heavy (non-hydrogen) atoms. The predicted molar refractivity (Wildman–Crippen MR) is 147 cm³/mol. The Hall–Kier alpha value is -4.29. The van der Waals surface area contributed by atoms with E-state index >= 15 is 0 Å². The van der Waals surface area contributed by atoms with Crippen LogP contribution in [-0.2, 0) is 15.8 Å². The number of imidazole rings is 1. The Kier molecular flexibility index (Phi) is 6.72. The molecule has 1 saturated heterocycles. The van der Waals surface area contributed by atoms with Gasteiger partial charge in [-0.1, -0.05) is 24.3 Å². The molecule has 0 atom stereocenters. The van der Waals surface area contributed by atoms with Gasteiger partial charge in [0.15, 0.2) is 11.5 Å². The van der Waals surface area contributed by atoms with Gasteiger partial charge >= 0.3 is 0 Å². The molecule has 206 valence electrons. The molecule has 0 bridgehead atoms. The molecule has 0 spiro atoms. The highest BCUT2D eigenvalue weighted by atomic mass is 32.2. The fourth-order valence-electron chi connectivity index (χ4n) is 5.21. The van der Waals surface area contributed by atoms with Crippen molar-refractivity contribution in [2.24, 2.45) is 0 Å². The topological polar surface area (TPSA) is 141 Å². The number of hydrogen-bond donors (Lipinski definition) is 1. The molecular formula is C28H27N5O6S. The van der Waals surface area contributed by atoms with Crippen molar-refractivity contribution in [3.8, 4) is 34.1 Å². The Morgan fingerprint density at radius 2 is 1.80 bits per heavy atom. The second kappa shape index (κ2) is 10.4. The molecule has 1 N–H and O–H groups in total. The van der Waals surface area contributed by atoms with E-state index in [0.717, 1.165) is 34.2 Å². The zero-order valence-electron chi connectivity index (χ0n) is 21.7. The lowest BCUT2D eigenvalue weighted by molar-refractivity contribution is -0.385. The molecule has 0 radical (unpaired) electrons. The second-order valence-corrected chi connectivity index (χ2v) is 11.9. The average Bonchev–Trinajstić information content (AvgIpc) is 3.60. The first kappa shape index (κ1) is 26.0. The largest absolute Gasteiger partial charge is 0.454 e. The van der Waals surface area contributed by atoms with Crippen LogP contribution in [0.3, 0.4) is 0 Å². The number of H-pyrrole nitrogens is 1. The van der Waals surface area contributed by atoms with E-state index in [-0.39, 0.29) is 24.0 Å². The summed E-state index contributed by atoms with van der Waals surface area (Å²) in [6.45, 7) is 2.70. The Labute approximate surface area is 231 Å². The van der Waals surface area contributed by atoms with E-state index in [1.54, 1.807) is 6.07 Å². The van der Waals surface area contributed by atoms with Gasteiger partial charge in [0, 0.05) is 41.9 Å². The SMILES string of the molecule is Cc1cccc(-c2[nH]c(C3CCN(S(=O)(=O)Cc4ccccc4[N+](=O)[O-])CC3)nc2-c2ccc3c(c2)OCO3)n1. The number of aromatic amines is 1. The van der Waals surface area contributed by atoms with Crippen molar-refractivity contribution in [2.45, 2.75) is 31.4 Å². The summed E-state index contributed by atoms with van der Waals surface area (Å²) < 4.78 is 38.8. The number of rotatable bonds is 7. The summed E-state index contributed by atoms with van der Waals surface area (Å²) in [5.74, 6) is 1.70. The number of nitrogens with zero attached hydrogens (tertiary/aromatic N) is 4. The first-order valence-corrected chi connectivity index (χ1v) is 14.5. The summed E-state index contributed by atoms with van der Waals surface area (Å²) >= 11 is 0. The molecule has 12 heteroatoms. The van der Waals surface area contributed by atoms with E-state index in [9.17, 15) is 18.5 Å². The van der Waals surface area contributed by atoms with Crippen molar-refractivity contribution < 1.29 is 22.8 Å². The van der Waals surface area contributed by atoms with Gasteiger partial charge in [-0.25, -0.2) is 17.7 Å². The molecule has 0 unspecified atom stereocenters. The summed E-state index contributed by atoms with van der Waals surface area (Å²) in [5.41, 5.74) is 4.00. The standard InChI is InChI=1S/C28H27N5O6S/c1-18-5-4-7-22(29-18)27-26(20-9-10-24-25(15-20)39-17-38-24)30-28(31-27)19-11-13-32(14-12-19)40(36,37)16-21-6-2-3-8-23(21)33(34)35/h2-10,15,19H,11-14,16-17H2,1H3,(H,30,31). The quantitative estimate of drug-likeness (QED) is 0.251. The maximum absolute atomic E-state index is 13.2. The molecular weight excluding hydrogens is 534 g/mol. The van der Waals surface area contributed by atoms with Gasteiger partial charge in [-0.15, -0.1) is 0 Å². The second-order valence-electron chi connectivity index (χ2n) is 9.89. The number of benzene rings is 2. The van der Waals surface area contributed by atoms with Crippen molar-refractivity contribution in [3.05, 3.63) is 87.9 Å². The third kappa shape index (κ3) is 5.03. The molecule has 0 amide bonds. The van der Waals surface area contributed by atoms with Gasteiger partial charge in [0.25, 0.3) is 5.69 Å². The molecule has 1 fully saturated rings. The summed E-state index contributed by atoms with van der Waals surface area (Å²) in [6.07, 6.45) is 1.12. The molecule has 0 aliphatic carbocycles. The lowest BCUT2D eigenvalue weighted by atomic mass is 9.97. The molecule has 4 heterocycles. The number of fused-ring (bicyclic) bond motifs is 1. The third-order valence-corrected chi connectivity index (χ3v) is 9.10. The number of pyridine rings is 1. The van der Waals surface area contributed by atoms with E-state index in [1.807, 2.05) is 43.3 Å². The van der Waals surface area contributed by atoms with Crippen LogP contribution in [0.5, 0.6) is 11.5 Å². The van der Waals surface area contributed by atoms with Crippen molar-refractivity contribution in [1.82, 2.24) is 19.3 Å². The van der Waals surface area contributed by atoms with E-state index in [4.69, 9.17) is 19.4 Å². The highest BCUT2D eigenvalue weighted by Gasteiger charge is 2.32. The minimum atomic E-state index is -3.74. The number of ether oxygens (including phenoxy) is 2. The zero-order chi connectivity index (χ0) is 27.9. The van der Waals surface area contributed by atoms with E-state index in [2.05, 4.69) is 4.98 Å². The number of para-hydroxylation sites is 1. The van der Waals surface area contributed by atoms with Gasteiger partial charge in [-0.3, -0.25) is 15.1 Å². The number of sulfonamides is 1. The van der Waals surface area contributed by atoms with Gasteiger partial charge in [0.1, 0.15) is 5.82 Å². The van der Waals surface area contributed by atoms with Crippen LogP contribution in [0.25, 0.3) is 22.6 Å². The van der Waals surface area contributed by atoms with Crippen molar-refractivity contribution in [3.63, 3.8) is 0 Å². The molecule has 2 aromatic heterocycles. The number of aryl methyl sites for hydroxylation is 1. The number of nitro groups is 1. The van der Waals surface area contributed by atoms with Crippen LogP contribution in [0.15, 0.2) is 60.7 Å². The molecule has 2 aromatic carbocycles. The van der Waals surface area contributed by atoms with Crippen LogP contribution >= 0.6 is 0 Å². The minimum Gasteiger partial charge on any atom is -0.454 e. The molecule has 4 aromatic rings. The van der Waals surface area contributed by atoms with Crippen molar-refractivity contribution in [2.75, 3.05) is 19.9 Å². The zero-order valence-corrected chi connectivity index (χ0v) is 22.6. The first-order chi connectivity index (χ1) is 19.3. The lowest BCUT2D eigenvalue weighted by Gasteiger charge is -2.30. The first-order valence-electron chi connectivity index (χ1n) is 12.9. The molecule has 2 aliphatic heterocycles. The van der Waals surface area contributed by atoms with E-state index in [0.29, 0.717) is 37.4 Å². The Balaban J connectivity index is 1.25. The monoisotopic (exact) mass is 561 g/mol. The number of nitrogens with one attached hydrogen (secondary N) is 1. The number of hydrogen-bond acceptors (Lipinski definition) is 8. The summed E-state index contributed by atoms with van der Waals surface area (Å²) in [5, 5.41) is 11.4. The Bertz CT molecular complexity index is 1700. The minimum absolute atomic E-state index is 0.00355. The van der Waals surface area contributed by atoms with Gasteiger partial charge in [0.05, 0.1) is 27.8 Å². The van der Waals surface area contributed by atoms with Gasteiger partial charge in [-0.2, -0.15) is 0 Å². The number of piperidine rings is 1. The molecule has 11 nitrogen and oxygen atoms in total.